The molecule has 0 spiro atoms. The largest absolute Gasteiger partial charge is 0.397 e. The summed E-state index contributed by atoms with van der Waals surface area (Å²) >= 11 is 0. The Hall–Kier alpha value is -0.196. The summed E-state index contributed by atoms with van der Waals surface area (Å²) in [5.41, 5.74) is 0. The Bertz CT molecular complexity index is 123. The second-order valence-electron chi connectivity index (χ2n) is 2.31. The zero-order valence-corrected chi connectivity index (χ0v) is 12.9. The molecule has 0 aromatic heterocycles. The van der Waals surface area contributed by atoms with Gasteiger partial charge in [-0.25, -0.2) is 0 Å². The molecular formula is C11H25O5Ti-. The number of carbonyl (C=O) groups excluding carboxylic acids is 2. The van der Waals surface area contributed by atoms with E-state index in [-0.39, 0.29) is 53.1 Å². The van der Waals surface area contributed by atoms with Gasteiger partial charge in [-0.1, -0.05) is 0 Å². The van der Waals surface area contributed by atoms with E-state index in [1.54, 1.807) is 20.8 Å². The summed E-state index contributed by atoms with van der Waals surface area (Å²) in [7, 11) is 0. The fourth-order valence-electron chi connectivity index (χ4n) is 0.286. The molecular weight excluding hydrogens is 260 g/mol. The number of aliphatic hydroxyl groups is 3. The van der Waals surface area contributed by atoms with Crippen molar-refractivity contribution in [2.45, 2.75) is 34.6 Å². The maximum Gasteiger partial charge on any atom is 0.0402 e. The number of rotatable bonds is 2. The molecule has 0 saturated carbocycles. The van der Waals surface area contributed by atoms with Crippen molar-refractivity contribution in [3.8, 4) is 0 Å². The van der Waals surface area contributed by atoms with E-state index in [1.807, 2.05) is 0 Å². The SMILES string of the molecule is CC(=O)[CH-]C(C)=O.CCO.CCO.CCO.[Ti]. The Morgan fingerprint density at radius 1 is 0.824 bits per heavy atom. The van der Waals surface area contributed by atoms with Crippen molar-refractivity contribution in [3.05, 3.63) is 6.42 Å². The second kappa shape index (κ2) is 36.0. The molecule has 17 heavy (non-hydrogen) atoms. The van der Waals surface area contributed by atoms with Crippen molar-refractivity contribution in [1.82, 2.24) is 0 Å². The molecule has 0 aliphatic carbocycles. The molecule has 0 aromatic carbocycles. The smallest absolute Gasteiger partial charge is 0.0402 e. The minimum absolute atomic E-state index is 0. The van der Waals surface area contributed by atoms with Gasteiger partial charge in [0, 0.05) is 53.1 Å². The predicted molar refractivity (Wildman–Crippen MR) is 63.9 cm³/mol. The third-order valence-corrected chi connectivity index (χ3v) is 0.407. The number of carbonyl (C=O) groups is 2. The van der Waals surface area contributed by atoms with Gasteiger partial charge in [-0.15, -0.1) is 0 Å². The fraction of sp³-hybridized carbons (Fsp3) is 0.727. The summed E-state index contributed by atoms with van der Waals surface area (Å²) in [6.45, 7) is 8.49. The maximum atomic E-state index is 9.98. The summed E-state index contributed by atoms with van der Waals surface area (Å²) in [5.74, 6) is -0.375. The summed E-state index contributed by atoms with van der Waals surface area (Å²) in [6.07, 6.45) is 1.06. The van der Waals surface area contributed by atoms with Crippen LogP contribution in [0.1, 0.15) is 34.6 Å². The minimum atomic E-state index is -0.187. The van der Waals surface area contributed by atoms with Crippen molar-refractivity contribution in [2.24, 2.45) is 0 Å². The monoisotopic (exact) mass is 285 g/mol. The zero-order chi connectivity index (χ0) is 14.0. The van der Waals surface area contributed by atoms with Gasteiger partial charge in [0.2, 0.25) is 0 Å². The van der Waals surface area contributed by atoms with Gasteiger partial charge in [-0.2, -0.15) is 0 Å². The number of Topliss-reactive ketones (excluding diaryl/α,β-unsaturated/α-hetero) is 2. The van der Waals surface area contributed by atoms with E-state index in [2.05, 4.69) is 0 Å². The van der Waals surface area contributed by atoms with Crippen molar-refractivity contribution in [3.63, 3.8) is 0 Å². The molecule has 0 amide bonds. The Morgan fingerprint density at radius 2 is 0.941 bits per heavy atom. The van der Waals surface area contributed by atoms with Crippen LogP contribution < -0.4 is 0 Å². The van der Waals surface area contributed by atoms with Crippen molar-refractivity contribution in [1.29, 1.82) is 0 Å². The number of ketones is 2. The number of aliphatic hydroxyl groups excluding tert-OH is 3. The van der Waals surface area contributed by atoms with Gasteiger partial charge >= 0.3 is 0 Å². The van der Waals surface area contributed by atoms with Gasteiger partial charge in [0.05, 0.1) is 0 Å². The molecule has 6 heteroatoms. The third-order valence-electron chi connectivity index (χ3n) is 0.407. The first-order chi connectivity index (χ1) is 7.37. The fourth-order valence-corrected chi connectivity index (χ4v) is 0.286. The minimum Gasteiger partial charge on any atom is -0.397 e. The molecule has 0 saturated heterocycles. The van der Waals surface area contributed by atoms with E-state index in [1.165, 1.54) is 13.8 Å². The number of hydrogen-bond donors (Lipinski definition) is 3. The molecule has 0 rings (SSSR count). The van der Waals surface area contributed by atoms with Gasteiger partial charge in [0.1, 0.15) is 0 Å². The quantitative estimate of drug-likeness (QED) is 0.387. The molecule has 0 radical (unpaired) electrons. The first-order valence-corrected chi connectivity index (χ1v) is 5.06. The maximum absolute atomic E-state index is 9.98. The van der Waals surface area contributed by atoms with Crippen LogP contribution in [0.25, 0.3) is 0 Å². The Morgan fingerprint density at radius 3 is 0.941 bits per heavy atom. The van der Waals surface area contributed by atoms with Crippen LogP contribution in [0.3, 0.4) is 0 Å². The van der Waals surface area contributed by atoms with Gasteiger partial charge in [-0.05, 0) is 34.6 Å². The molecule has 104 valence electrons. The van der Waals surface area contributed by atoms with Crippen LogP contribution in [0.5, 0.6) is 0 Å². The standard InChI is InChI=1S/C5H7O2.3C2H6O.Ti/c1-4(6)3-5(2)7;3*1-2-3;/h3H,1-2H3;3*3H,2H2,1H3;/q-1;;;;. The van der Waals surface area contributed by atoms with E-state index < -0.39 is 0 Å². The third kappa shape index (κ3) is 208. The van der Waals surface area contributed by atoms with Crippen LogP contribution in [0.4, 0.5) is 0 Å². The van der Waals surface area contributed by atoms with Crippen LogP contribution in [-0.4, -0.2) is 46.7 Å². The Kier molecular flexibility index (Phi) is 63.8. The summed E-state index contributed by atoms with van der Waals surface area (Å²) in [6, 6.07) is 0. The van der Waals surface area contributed by atoms with Crippen molar-refractivity contribution >= 4 is 11.6 Å². The topological polar surface area (TPSA) is 94.8 Å². The van der Waals surface area contributed by atoms with E-state index in [4.69, 9.17) is 15.3 Å². The van der Waals surface area contributed by atoms with Gasteiger partial charge in [0.15, 0.2) is 0 Å². The van der Waals surface area contributed by atoms with Crippen LogP contribution in [0.15, 0.2) is 0 Å². The number of hydrogen-bond acceptors (Lipinski definition) is 5. The van der Waals surface area contributed by atoms with Gasteiger partial charge < -0.3 is 24.9 Å². The average Bonchev–Trinajstić information content (AvgIpc) is 2.04. The van der Waals surface area contributed by atoms with Gasteiger partial charge in [-0.3, -0.25) is 6.42 Å². The van der Waals surface area contributed by atoms with Crippen LogP contribution in [0.2, 0.25) is 0 Å². The zero-order valence-electron chi connectivity index (χ0n) is 11.4. The summed E-state index contributed by atoms with van der Waals surface area (Å²) < 4.78 is 0. The molecule has 0 aliphatic heterocycles. The molecule has 0 bridgehead atoms. The normalized spacial score (nSPS) is 6.35. The Balaban J connectivity index is -0.0000000411. The molecule has 0 fully saturated rings. The van der Waals surface area contributed by atoms with Crippen LogP contribution >= 0.6 is 0 Å². The van der Waals surface area contributed by atoms with Crippen molar-refractivity contribution < 1.29 is 46.6 Å². The van der Waals surface area contributed by atoms with Crippen LogP contribution in [-0.2, 0) is 31.3 Å². The molecule has 0 aromatic rings. The molecule has 0 unspecified atom stereocenters. The van der Waals surface area contributed by atoms with E-state index in [9.17, 15) is 9.59 Å². The molecule has 5 nitrogen and oxygen atoms in total. The molecule has 0 aliphatic rings. The summed E-state index contributed by atoms with van der Waals surface area (Å²) in [5, 5.41) is 22.7. The average molecular weight is 285 g/mol. The van der Waals surface area contributed by atoms with Crippen molar-refractivity contribution in [2.75, 3.05) is 19.8 Å². The molecule has 3 N–H and O–H groups in total. The first-order valence-electron chi connectivity index (χ1n) is 5.06. The first kappa shape index (κ1) is 30.1. The van der Waals surface area contributed by atoms with Gasteiger partial charge in [0.25, 0.3) is 0 Å². The molecule has 0 atom stereocenters. The van der Waals surface area contributed by atoms with E-state index >= 15 is 0 Å². The van der Waals surface area contributed by atoms with E-state index in [0.29, 0.717) is 0 Å². The second-order valence-corrected chi connectivity index (χ2v) is 2.31. The summed E-state index contributed by atoms with van der Waals surface area (Å²) in [4.78, 5) is 20.0. The Labute approximate surface area is 119 Å². The van der Waals surface area contributed by atoms with E-state index in [0.717, 1.165) is 6.42 Å². The van der Waals surface area contributed by atoms with Crippen LogP contribution in [0, 0.1) is 6.42 Å². The predicted octanol–water partition coefficient (Wildman–Crippen LogP) is 0.362. The molecule has 0 heterocycles.